The number of hydrogen-bond donors (Lipinski definition) is 1. The highest BCUT2D eigenvalue weighted by Crippen LogP contribution is 2.33. The highest BCUT2D eigenvalue weighted by atomic mass is 16.6. The quantitative estimate of drug-likeness (QED) is 0.888. The molecule has 0 amide bonds. The summed E-state index contributed by atoms with van der Waals surface area (Å²) in [6.45, 7) is 1.96. The van der Waals surface area contributed by atoms with Crippen LogP contribution in [0.5, 0.6) is 11.5 Å². The van der Waals surface area contributed by atoms with Gasteiger partial charge in [-0.3, -0.25) is 0 Å². The molecule has 1 aromatic carbocycles. The molecule has 0 aliphatic carbocycles. The summed E-state index contributed by atoms with van der Waals surface area (Å²) < 4.78 is 20.2. The SMILES string of the molecule is CCOc1ccc(-c2oc(=O)oc2CO)cc1OC. The van der Waals surface area contributed by atoms with E-state index in [1.807, 2.05) is 6.92 Å². The molecule has 19 heavy (non-hydrogen) atoms. The minimum absolute atomic E-state index is 0.0798. The Bertz CT molecular complexity index is 610. The van der Waals surface area contributed by atoms with Gasteiger partial charge in [-0.2, -0.15) is 0 Å². The number of aliphatic hydroxyl groups is 1. The summed E-state index contributed by atoms with van der Waals surface area (Å²) in [6, 6.07) is 5.05. The summed E-state index contributed by atoms with van der Waals surface area (Å²) in [5, 5.41) is 9.11. The van der Waals surface area contributed by atoms with Crippen LogP contribution in [0.1, 0.15) is 12.7 Å². The fraction of sp³-hybridized carbons (Fsp3) is 0.308. The molecule has 0 aliphatic rings. The third-order valence-electron chi connectivity index (χ3n) is 2.51. The van der Waals surface area contributed by atoms with Crippen molar-refractivity contribution >= 4 is 0 Å². The molecular formula is C13H14O6. The van der Waals surface area contributed by atoms with Crippen molar-refractivity contribution in [1.82, 2.24) is 0 Å². The minimum Gasteiger partial charge on any atom is -0.493 e. The van der Waals surface area contributed by atoms with Crippen LogP contribution in [0.25, 0.3) is 11.3 Å². The Labute approximate surface area is 109 Å². The van der Waals surface area contributed by atoms with Crippen molar-refractivity contribution in [2.75, 3.05) is 13.7 Å². The van der Waals surface area contributed by atoms with Crippen molar-refractivity contribution in [3.8, 4) is 22.8 Å². The molecule has 1 N–H and O–H groups in total. The van der Waals surface area contributed by atoms with E-state index in [0.717, 1.165) is 0 Å². The fourth-order valence-electron chi connectivity index (χ4n) is 1.72. The van der Waals surface area contributed by atoms with E-state index in [2.05, 4.69) is 0 Å². The van der Waals surface area contributed by atoms with Crippen molar-refractivity contribution in [1.29, 1.82) is 0 Å². The van der Waals surface area contributed by atoms with Crippen LogP contribution in [-0.2, 0) is 6.61 Å². The predicted octanol–water partition coefficient (Wildman–Crippen LogP) is 1.80. The van der Waals surface area contributed by atoms with Crippen molar-refractivity contribution in [2.24, 2.45) is 0 Å². The molecule has 2 aromatic rings. The summed E-state index contributed by atoms with van der Waals surface area (Å²) in [6.07, 6.45) is 0. The van der Waals surface area contributed by atoms with E-state index < -0.39 is 12.4 Å². The van der Waals surface area contributed by atoms with Crippen molar-refractivity contribution in [3.05, 3.63) is 34.6 Å². The zero-order valence-corrected chi connectivity index (χ0v) is 10.6. The molecule has 0 radical (unpaired) electrons. The van der Waals surface area contributed by atoms with Gasteiger partial charge < -0.3 is 23.4 Å². The molecule has 0 saturated heterocycles. The van der Waals surface area contributed by atoms with Gasteiger partial charge in [0.15, 0.2) is 23.0 Å². The molecule has 0 saturated carbocycles. The van der Waals surface area contributed by atoms with Crippen LogP contribution in [0.4, 0.5) is 0 Å². The summed E-state index contributed by atoms with van der Waals surface area (Å²) in [5.41, 5.74) is 0.565. The second kappa shape index (κ2) is 5.62. The van der Waals surface area contributed by atoms with Crippen LogP contribution >= 0.6 is 0 Å². The number of methoxy groups -OCH3 is 1. The topological polar surface area (TPSA) is 82.0 Å². The third kappa shape index (κ3) is 2.63. The number of ether oxygens (including phenoxy) is 2. The molecule has 0 spiro atoms. The Kier molecular flexibility index (Phi) is 3.91. The lowest BCUT2D eigenvalue weighted by Gasteiger charge is -2.10. The Hall–Kier alpha value is -2.21. The van der Waals surface area contributed by atoms with Gasteiger partial charge in [0.05, 0.1) is 13.7 Å². The lowest BCUT2D eigenvalue weighted by molar-refractivity contribution is 0.241. The van der Waals surface area contributed by atoms with Gasteiger partial charge >= 0.3 is 5.82 Å². The van der Waals surface area contributed by atoms with Gasteiger partial charge in [0.1, 0.15) is 6.61 Å². The molecule has 102 valence electrons. The maximum atomic E-state index is 11.1. The van der Waals surface area contributed by atoms with Gasteiger partial charge in [-0.15, -0.1) is 0 Å². The largest absolute Gasteiger partial charge is 0.519 e. The van der Waals surface area contributed by atoms with Crippen molar-refractivity contribution < 1.29 is 23.4 Å². The monoisotopic (exact) mass is 266 g/mol. The van der Waals surface area contributed by atoms with Crippen LogP contribution in [0.15, 0.2) is 31.8 Å². The van der Waals surface area contributed by atoms with Crippen LogP contribution in [0.3, 0.4) is 0 Å². The highest BCUT2D eigenvalue weighted by Gasteiger charge is 2.16. The smallest absolute Gasteiger partial charge is 0.493 e. The third-order valence-corrected chi connectivity index (χ3v) is 2.51. The van der Waals surface area contributed by atoms with Gasteiger partial charge in [0, 0.05) is 5.56 Å². The molecule has 6 heteroatoms. The minimum atomic E-state index is -0.855. The van der Waals surface area contributed by atoms with E-state index in [-0.39, 0.29) is 11.5 Å². The summed E-state index contributed by atoms with van der Waals surface area (Å²) in [5.74, 6) is 0.509. The maximum Gasteiger partial charge on any atom is 0.519 e. The van der Waals surface area contributed by atoms with Crippen LogP contribution < -0.4 is 15.3 Å². The summed E-state index contributed by atoms with van der Waals surface area (Å²) in [7, 11) is 1.51. The van der Waals surface area contributed by atoms with Gasteiger partial charge in [0.2, 0.25) is 0 Å². The van der Waals surface area contributed by atoms with Crippen LogP contribution in [0, 0.1) is 0 Å². The molecule has 2 rings (SSSR count). The average molecular weight is 266 g/mol. The van der Waals surface area contributed by atoms with Crippen LogP contribution in [0.2, 0.25) is 0 Å². The molecule has 6 nitrogen and oxygen atoms in total. The zero-order chi connectivity index (χ0) is 13.8. The Balaban J connectivity index is 2.48. The van der Waals surface area contributed by atoms with E-state index in [0.29, 0.717) is 23.7 Å². The normalized spacial score (nSPS) is 10.5. The molecule has 0 fully saturated rings. The molecule has 0 aliphatic heterocycles. The lowest BCUT2D eigenvalue weighted by atomic mass is 10.1. The Morgan fingerprint density at radius 2 is 2.05 bits per heavy atom. The lowest BCUT2D eigenvalue weighted by Crippen LogP contribution is -1.95. The molecule has 0 unspecified atom stereocenters. The van der Waals surface area contributed by atoms with Gasteiger partial charge in [0.25, 0.3) is 0 Å². The first-order valence-electron chi connectivity index (χ1n) is 5.74. The van der Waals surface area contributed by atoms with Crippen molar-refractivity contribution in [3.63, 3.8) is 0 Å². The van der Waals surface area contributed by atoms with Gasteiger partial charge in [-0.1, -0.05) is 0 Å². The van der Waals surface area contributed by atoms with Gasteiger partial charge in [-0.25, -0.2) is 4.79 Å². The molecule has 1 aromatic heterocycles. The standard InChI is InChI=1S/C13H14O6/c1-3-17-9-5-4-8(6-10(9)16-2)12-11(7-14)18-13(15)19-12/h4-6,14H,3,7H2,1-2H3. The summed E-state index contributed by atoms with van der Waals surface area (Å²) in [4.78, 5) is 11.1. The van der Waals surface area contributed by atoms with Crippen molar-refractivity contribution in [2.45, 2.75) is 13.5 Å². The number of rotatable bonds is 5. The number of hydrogen-bond acceptors (Lipinski definition) is 6. The molecule has 1 heterocycles. The van der Waals surface area contributed by atoms with E-state index in [9.17, 15) is 4.79 Å². The Morgan fingerprint density at radius 1 is 1.26 bits per heavy atom. The first kappa shape index (κ1) is 13.2. The molecular weight excluding hydrogens is 252 g/mol. The van der Waals surface area contributed by atoms with E-state index >= 15 is 0 Å². The fourth-order valence-corrected chi connectivity index (χ4v) is 1.72. The first-order valence-corrected chi connectivity index (χ1v) is 5.74. The molecule has 0 atom stereocenters. The second-order valence-electron chi connectivity index (χ2n) is 3.66. The zero-order valence-electron chi connectivity index (χ0n) is 10.6. The number of aliphatic hydroxyl groups excluding tert-OH is 1. The van der Waals surface area contributed by atoms with E-state index in [4.69, 9.17) is 23.4 Å². The highest BCUT2D eigenvalue weighted by molar-refractivity contribution is 5.63. The van der Waals surface area contributed by atoms with Gasteiger partial charge in [-0.05, 0) is 25.1 Å². The maximum absolute atomic E-state index is 11.1. The first-order chi connectivity index (χ1) is 9.19. The second-order valence-corrected chi connectivity index (χ2v) is 3.66. The number of benzene rings is 1. The van der Waals surface area contributed by atoms with E-state index in [1.165, 1.54) is 7.11 Å². The average Bonchev–Trinajstić information content (AvgIpc) is 2.80. The predicted molar refractivity (Wildman–Crippen MR) is 66.3 cm³/mol. The van der Waals surface area contributed by atoms with Crippen LogP contribution in [-0.4, -0.2) is 18.8 Å². The summed E-state index contributed by atoms with van der Waals surface area (Å²) >= 11 is 0. The Morgan fingerprint density at radius 3 is 2.68 bits per heavy atom. The molecule has 0 bridgehead atoms. The van der Waals surface area contributed by atoms with E-state index in [1.54, 1.807) is 18.2 Å².